The second-order valence-corrected chi connectivity index (χ2v) is 6.35. The standard InChI is InChI=1S/C20H24O4/c21-18-11-12-19(24-14-17-9-5-2-6-10-17)20(18,22)15-23-13-16-7-3-1-4-8-16/h1-10,18-19,21-22H,11-15H2/t18-,19+,20-/m1/s1. The number of rotatable bonds is 7. The van der Waals surface area contributed by atoms with Crippen molar-refractivity contribution >= 4 is 0 Å². The summed E-state index contributed by atoms with van der Waals surface area (Å²) in [5, 5.41) is 21.1. The molecule has 1 aliphatic rings. The lowest BCUT2D eigenvalue weighted by Gasteiger charge is -2.32. The van der Waals surface area contributed by atoms with E-state index in [4.69, 9.17) is 9.47 Å². The van der Waals surface area contributed by atoms with E-state index in [1.165, 1.54) is 0 Å². The smallest absolute Gasteiger partial charge is 0.140 e. The molecule has 2 N–H and O–H groups in total. The van der Waals surface area contributed by atoms with E-state index in [9.17, 15) is 10.2 Å². The van der Waals surface area contributed by atoms with Crippen molar-refractivity contribution in [2.45, 2.75) is 43.9 Å². The Morgan fingerprint density at radius 2 is 1.46 bits per heavy atom. The second kappa shape index (κ2) is 7.90. The molecule has 0 aromatic heterocycles. The molecule has 3 rings (SSSR count). The first kappa shape index (κ1) is 17.1. The SMILES string of the molecule is O[C@@H]1CC[C@H](OCc2ccccc2)[C@@]1(O)COCc1ccccc1. The van der Waals surface area contributed by atoms with Crippen LogP contribution in [0.25, 0.3) is 0 Å². The Balaban J connectivity index is 1.55. The van der Waals surface area contributed by atoms with Gasteiger partial charge in [0.05, 0.1) is 32.0 Å². The molecule has 1 fully saturated rings. The largest absolute Gasteiger partial charge is 0.390 e. The van der Waals surface area contributed by atoms with Gasteiger partial charge in [-0.1, -0.05) is 60.7 Å². The van der Waals surface area contributed by atoms with Crippen molar-refractivity contribution in [3.05, 3.63) is 71.8 Å². The molecule has 0 radical (unpaired) electrons. The van der Waals surface area contributed by atoms with Crippen LogP contribution >= 0.6 is 0 Å². The van der Waals surface area contributed by atoms with E-state index in [0.717, 1.165) is 11.1 Å². The number of hydrogen-bond acceptors (Lipinski definition) is 4. The van der Waals surface area contributed by atoms with E-state index < -0.39 is 17.8 Å². The number of aliphatic hydroxyl groups excluding tert-OH is 1. The average Bonchev–Trinajstić information content (AvgIpc) is 2.90. The first-order chi connectivity index (χ1) is 11.7. The predicted molar refractivity (Wildman–Crippen MR) is 91.3 cm³/mol. The van der Waals surface area contributed by atoms with Gasteiger partial charge in [-0.15, -0.1) is 0 Å². The minimum Gasteiger partial charge on any atom is -0.390 e. The topological polar surface area (TPSA) is 58.9 Å². The average molecular weight is 328 g/mol. The molecule has 4 nitrogen and oxygen atoms in total. The molecule has 0 unspecified atom stereocenters. The lowest BCUT2D eigenvalue weighted by atomic mass is 9.98. The Morgan fingerprint density at radius 3 is 2.08 bits per heavy atom. The zero-order valence-electron chi connectivity index (χ0n) is 13.7. The highest BCUT2D eigenvalue weighted by molar-refractivity contribution is 5.14. The summed E-state index contributed by atoms with van der Waals surface area (Å²) < 4.78 is 11.6. The first-order valence-corrected chi connectivity index (χ1v) is 8.36. The highest BCUT2D eigenvalue weighted by atomic mass is 16.5. The van der Waals surface area contributed by atoms with Gasteiger partial charge in [0.25, 0.3) is 0 Å². The maximum Gasteiger partial charge on any atom is 0.140 e. The van der Waals surface area contributed by atoms with Crippen molar-refractivity contribution < 1.29 is 19.7 Å². The third-order valence-corrected chi connectivity index (χ3v) is 4.58. The van der Waals surface area contributed by atoms with Crippen molar-refractivity contribution in [3.63, 3.8) is 0 Å². The number of benzene rings is 2. The fraction of sp³-hybridized carbons (Fsp3) is 0.400. The number of aliphatic hydroxyl groups is 2. The molecule has 24 heavy (non-hydrogen) atoms. The molecule has 0 heterocycles. The summed E-state index contributed by atoms with van der Waals surface area (Å²) in [7, 11) is 0. The predicted octanol–water partition coefficient (Wildman–Crippen LogP) is 2.67. The zero-order valence-corrected chi connectivity index (χ0v) is 13.7. The van der Waals surface area contributed by atoms with E-state index in [1.54, 1.807) is 0 Å². The van der Waals surface area contributed by atoms with Crippen LogP contribution in [-0.2, 0) is 22.7 Å². The minimum absolute atomic E-state index is 0.0581. The molecule has 3 atom stereocenters. The van der Waals surface area contributed by atoms with E-state index in [0.29, 0.717) is 26.1 Å². The van der Waals surface area contributed by atoms with Crippen molar-refractivity contribution in [2.24, 2.45) is 0 Å². The maximum atomic E-state index is 10.9. The molecule has 0 bridgehead atoms. The van der Waals surface area contributed by atoms with Gasteiger partial charge in [-0.25, -0.2) is 0 Å². The Morgan fingerprint density at radius 1 is 0.875 bits per heavy atom. The first-order valence-electron chi connectivity index (χ1n) is 8.36. The maximum absolute atomic E-state index is 10.9. The summed E-state index contributed by atoms with van der Waals surface area (Å²) >= 11 is 0. The molecule has 128 valence electrons. The van der Waals surface area contributed by atoms with Crippen LogP contribution in [0.2, 0.25) is 0 Å². The summed E-state index contributed by atoms with van der Waals surface area (Å²) in [5.41, 5.74) is 0.727. The van der Waals surface area contributed by atoms with Crippen LogP contribution in [0, 0.1) is 0 Å². The van der Waals surface area contributed by atoms with Gasteiger partial charge in [-0.2, -0.15) is 0 Å². The van der Waals surface area contributed by atoms with Crippen molar-refractivity contribution in [3.8, 4) is 0 Å². The molecule has 1 saturated carbocycles. The molecule has 4 heteroatoms. The Hall–Kier alpha value is -1.72. The fourth-order valence-corrected chi connectivity index (χ4v) is 3.12. The molecule has 0 saturated heterocycles. The van der Waals surface area contributed by atoms with Crippen molar-refractivity contribution in [1.82, 2.24) is 0 Å². The third kappa shape index (κ3) is 4.02. The normalized spacial score (nSPS) is 26.6. The minimum atomic E-state index is -1.36. The highest BCUT2D eigenvalue weighted by Gasteiger charge is 2.49. The molecule has 2 aromatic rings. The fourth-order valence-electron chi connectivity index (χ4n) is 3.12. The Bertz CT molecular complexity index is 616. The molecule has 0 amide bonds. The van der Waals surface area contributed by atoms with Crippen LogP contribution in [0.4, 0.5) is 0 Å². The lowest BCUT2D eigenvalue weighted by Crippen LogP contribution is -2.51. The van der Waals surface area contributed by atoms with Gasteiger partial charge in [-0.05, 0) is 24.0 Å². The summed E-state index contributed by atoms with van der Waals surface area (Å²) in [5.74, 6) is 0. The van der Waals surface area contributed by atoms with Crippen molar-refractivity contribution in [2.75, 3.05) is 6.61 Å². The molecular weight excluding hydrogens is 304 g/mol. The monoisotopic (exact) mass is 328 g/mol. The highest BCUT2D eigenvalue weighted by Crippen LogP contribution is 2.34. The van der Waals surface area contributed by atoms with Gasteiger partial charge in [0.1, 0.15) is 5.60 Å². The summed E-state index contributed by atoms with van der Waals surface area (Å²) in [6.45, 7) is 0.878. The van der Waals surface area contributed by atoms with Crippen LogP contribution in [-0.4, -0.2) is 34.6 Å². The third-order valence-electron chi connectivity index (χ3n) is 4.58. The van der Waals surface area contributed by atoms with Crippen LogP contribution < -0.4 is 0 Å². The van der Waals surface area contributed by atoms with Gasteiger partial charge in [0.2, 0.25) is 0 Å². The zero-order chi connectivity index (χ0) is 16.8. The van der Waals surface area contributed by atoms with Crippen LogP contribution in [0.3, 0.4) is 0 Å². The quantitative estimate of drug-likeness (QED) is 0.820. The van der Waals surface area contributed by atoms with Crippen LogP contribution in [0.5, 0.6) is 0 Å². The molecule has 1 aliphatic carbocycles. The molecule has 0 spiro atoms. The van der Waals surface area contributed by atoms with Gasteiger partial charge < -0.3 is 19.7 Å². The summed E-state index contributed by atoms with van der Waals surface area (Å²) in [6, 6.07) is 19.6. The van der Waals surface area contributed by atoms with E-state index in [-0.39, 0.29) is 6.61 Å². The summed E-state index contributed by atoms with van der Waals surface area (Å²) in [4.78, 5) is 0. The van der Waals surface area contributed by atoms with Gasteiger partial charge in [-0.3, -0.25) is 0 Å². The number of ether oxygens (including phenoxy) is 2. The van der Waals surface area contributed by atoms with Gasteiger partial charge in [0.15, 0.2) is 0 Å². The lowest BCUT2D eigenvalue weighted by molar-refractivity contribution is -0.170. The molecular formula is C20H24O4. The van der Waals surface area contributed by atoms with Crippen LogP contribution in [0.15, 0.2) is 60.7 Å². The van der Waals surface area contributed by atoms with Gasteiger partial charge >= 0.3 is 0 Å². The van der Waals surface area contributed by atoms with E-state index >= 15 is 0 Å². The number of hydrogen-bond donors (Lipinski definition) is 2. The summed E-state index contributed by atoms with van der Waals surface area (Å²) in [6.07, 6.45) is -0.110. The Kier molecular flexibility index (Phi) is 5.63. The molecule has 2 aromatic carbocycles. The second-order valence-electron chi connectivity index (χ2n) is 6.35. The van der Waals surface area contributed by atoms with Crippen LogP contribution in [0.1, 0.15) is 24.0 Å². The van der Waals surface area contributed by atoms with Gasteiger partial charge in [0, 0.05) is 0 Å². The van der Waals surface area contributed by atoms with Crippen molar-refractivity contribution in [1.29, 1.82) is 0 Å². The molecule has 0 aliphatic heterocycles. The van der Waals surface area contributed by atoms with E-state index in [2.05, 4.69) is 0 Å². The Labute approximate surface area is 142 Å². The van der Waals surface area contributed by atoms with E-state index in [1.807, 2.05) is 60.7 Å².